The van der Waals surface area contributed by atoms with Gasteiger partial charge in [0.1, 0.15) is 10.6 Å². The van der Waals surface area contributed by atoms with Gasteiger partial charge in [-0.3, -0.25) is 4.72 Å². The Kier molecular flexibility index (Phi) is 2.73. The Morgan fingerprint density at radius 1 is 1.44 bits per heavy atom. The molecule has 0 amide bonds. The van der Waals surface area contributed by atoms with Crippen LogP contribution >= 0.6 is 12.2 Å². The molecule has 5 nitrogen and oxygen atoms in total. The maximum Gasteiger partial charge on any atom is 0.265 e. The van der Waals surface area contributed by atoms with E-state index in [1.807, 2.05) is 6.92 Å². The molecule has 0 saturated carbocycles. The lowest BCUT2D eigenvalue weighted by atomic mass is 10.3. The molecule has 0 atom stereocenters. The van der Waals surface area contributed by atoms with E-state index in [-0.39, 0.29) is 10.0 Å². The summed E-state index contributed by atoms with van der Waals surface area (Å²) in [5.41, 5.74) is 0.465. The van der Waals surface area contributed by atoms with Crippen molar-refractivity contribution in [1.82, 2.24) is 4.72 Å². The van der Waals surface area contributed by atoms with Gasteiger partial charge in [-0.2, -0.15) is 0 Å². The van der Waals surface area contributed by atoms with Crippen LogP contribution in [0.15, 0.2) is 23.1 Å². The monoisotopic (exact) mass is 258 g/mol. The summed E-state index contributed by atoms with van der Waals surface area (Å²) in [5.74, 6) is 0.515. The zero-order chi connectivity index (χ0) is 11.8. The lowest BCUT2D eigenvalue weighted by Crippen LogP contribution is -2.39. The number of ether oxygens (including phenoxy) is 1. The molecule has 16 heavy (non-hydrogen) atoms. The first kappa shape index (κ1) is 11.2. The first-order valence-electron chi connectivity index (χ1n) is 4.63. The molecule has 0 spiro atoms. The van der Waals surface area contributed by atoms with E-state index in [0.717, 1.165) is 0 Å². The second kappa shape index (κ2) is 3.91. The van der Waals surface area contributed by atoms with Gasteiger partial charge in [-0.1, -0.05) is 0 Å². The van der Waals surface area contributed by atoms with Gasteiger partial charge < -0.3 is 10.1 Å². The first-order chi connectivity index (χ1) is 7.53. The van der Waals surface area contributed by atoms with Crippen LogP contribution in [0.5, 0.6) is 5.75 Å². The fraction of sp³-hybridized carbons (Fsp3) is 0.222. The Hall–Kier alpha value is -1.34. The summed E-state index contributed by atoms with van der Waals surface area (Å²) in [6.45, 7) is 2.32. The van der Waals surface area contributed by atoms with Gasteiger partial charge in [-0.15, -0.1) is 0 Å². The van der Waals surface area contributed by atoms with Gasteiger partial charge in [0.15, 0.2) is 5.11 Å². The van der Waals surface area contributed by atoms with E-state index in [9.17, 15) is 8.42 Å². The number of anilines is 1. The lowest BCUT2D eigenvalue weighted by molar-refractivity contribution is 0.339. The highest BCUT2D eigenvalue weighted by molar-refractivity contribution is 7.92. The van der Waals surface area contributed by atoms with Gasteiger partial charge in [0.2, 0.25) is 0 Å². The molecule has 0 aromatic heterocycles. The number of sulfonamides is 1. The molecular weight excluding hydrogens is 248 g/mol. The highest BCUT2D eigenvalue weighted by Crippen LogP contribution is 2.28. The van der Waals surface area contributed by atoms with Crippen LogP contribution in [0, 0.1) is 0 Å². The Morgan fingerprint density at radius 3 is 2.88 bits per heavy atom. The number of hydrogen-bond donors (Lipinski definition) is 2. The van der Waals surface area contributed by atoms with Crippen molar-refractivity contribution in [2.75, 3.05) is 11.9 Å². The van der Waals surface area contributed by atoms with Crippen LogP contribution in [-0.4, -0.2) is 20.1 Å². The molecule has 0 saturated heterocycles. The average Bonchev–Trinajstić information content (AvgIpc) is 2.18. The molecule has 86 valence electrons. The van der Waals surface area contributed by atoms with Gasteiger partial charge in [-0.05, 0) is 31.3 Å². The van der Waals surface area contributed by atoms with Gasteiger partial charge in [-0.25, -0.2) is 8.42 Å². The first-order valence-corrected chi connectivity index (χ1v) is 6.53. The Morgan fingerprint density at radius 2 is 2.19 bits per heavy atom. The minimum absolute atomic E-state index is 0.0802. The fourth-order valence-electron chi connectivity index (χ4n) is 1.41. The highest BCUT2D eigenvalue weighted by Gasteiger charge is 2.25. The normalized spacial score (nSPS) is 16.9. The fourth-order valence-corrected chi connectivity index (χ4v) is 2.93. The van der Waals surface area contributed by atoms with E-state index in [2.05, 4.69) is 10.0 Å². The van der Waals surface area contributed by atoms with Crippen molar-refractivity contribution in [3.63, 3.8) is 0 Å². The molecule has 0 fully saturated rings. The van der Waals surface area contributed by atoms with Crippen molar-refractivity contribution in [2.45, 2.75) is 11.8 Å². The summed E-state index contributed by atoms with van der Waals surface area (Å²) in [7, 11) is -3.57. The summed E-state index contributed by atoms with van der Waals surface area (Å²) >= 11 is 4.78. The zero-order valence-electron chi connectivity index (χ0n) is 8.48. The van der Waals surface area contributed by atoms with E-state index in [1.165, 1.54) is 6.07 Å². The van der Waals surface area contributed by atoms with Gasteiger partial charge in [0.25, 0.3) is 10.0 Å². The maximum absolute atomic E-state index is 11.7. The lowest BCUT2D eigenvalue weighted by Gasteiger charge is -2.20. The Labute approximate surface area is 98.9 Å². The van der Waals surface area contributed by atoms with E-state index in [0.29, 0.717) is 18.0 Å². The molecule has 0 radical (unpaired) electrons. The van der Waals surface area contributed by atoms with Crippen molar-refractivity contribution in [3.8, 4) is 5.75 Å². The number of nitrogens with one attached hydrogen (secondary N) is 2. The molecular formula is C9H10N2O3S2. The molecule has 1 heterocycles. The second-order valence-electron chi connectivity index (χ2n) is 3.15. The zero-order valence-corrected chi connectivity index (χ0v) is 10.1. The summed E-state index contributed by atoms with van der Waals surface area (Å²) in [4.78, 5) is 0.145. The van der Waals surface area contributed by atoms with Crippen molar-refractivity contribution in [3.05, 3.63) is 18.2 Å². The van der Waals surface area contributed by atoms with Crippen LogP contribution in [0.2, 0.25) is 0 Å². The molecule has 2 N–H and O–H groups in total. The topological polar surface area (TPSA) is 67.4 Å². The van der Waals surface area contributed by atoms with E-state index in [4.69, 9.17) is 17.0 Å². The van der Waals surface area contributed by atoms with Crippen molar-refractivity contribution in [1.29, 1.82) is 0 Å². The van der Waals surface area contributed by atoms with Crippen LogP contribution < -0.4 is 14.8 Å². The van der Waals surface area contributed by atoms with Crippen LogP contribution in [0.4, 0.5) is 5.69 Å². The third-order valence-electron chi connectivity index (χ3n) is 2.03. The number of hydrogen-bond acceptors (Lipinski definition) is 4. The smallest absolute Gasteiger partial charge is 0.265 e. The number of thiocarbonyl (C=S) groups is 1. The standard InChI is InChI=1S/C9H10N2O3S2/c1-2-14-6-3-4-7-8(5-6)16(12,13)11-9(15)10-7/h3-5H,2H2,1H3,(H2,10,11,15). The van der Waals surface area contributed by atoms with Crippen LogP contribution in [0.3, 0.4) is 0 Å². The third-order valence-corrected chi connectivity index (χ3v) is 3.75. The number of rotatable bonds is 2. The SMILES string of the molecule is CCOc1ccc2c(c1)S(=O)(=O)NC(=S)N2. The van der Waals surface area contributed by atoms with Crippen LogP contribution in [0.1, 0.15) is 6.92 Å². The summed E-state index contributed by atoms with van der Waals surface area (Å²) in [6, 6.07) is 4.79. The summed E-state index contributed by atoms with van der Waals surface area (Å²) in [6.07, 6.45) is 0. The molecule has 1 aromatic carbocycles. The minimum atomic E-state index is -3.57. The van der Waals surface area contributed by atoms with E-state index < -0.39 is 10.0 Å². The van der Waals surface area contributed by atoms with Crippen LogP contribution in [-0.2, 0) is 10.0 Å². The number of benzene rings is 1. The minimum Gasteiger partial charge on any atom is -0.494 e. The highest BCUT2D eigenvalue weighted by atomic mass is 32.2. The average molecular weight is 258 g/mol. The molecule has 0 bridgehead atoms. The maximum atomic E-state index is 11.7. The molecule has 1 aromatic rings. The van der Waals surface area contributed by atoms with E-state index in [1.54, 1.807) is 12.1 Å². The van der Waals surface area contributed by atoms with Crippen LogP contribution in [0.25, 0.3) is 0 Å². The largest absolute Gasteiger partial charge is 0.494 e. The van der Waals surface area contributed by atoms with Gasteiger partial charge in [0.05, 0.1) is 12.3 Å². The van der Waals surface area contributed by atoms with E-state index >= 15 is 0 Å². The van der Waals surface area contributed by atoms with Gasteiger partial charge in [0, 0.05) is 6.07 Å². The van der Waals surface area contributed by atoms with Crippen molar-refractivity contribution >= 4 is 33.0 Å². The molecule has 0 unspecified atom stereocenters. The van der Waals surface area contributed by atoms with Gasteiger partial charge >= 0.3 is 0 Å². The molecule has 7 heteroatoms. The summed E-state index contributed by atoms with van der Waals surface area (Å²) < 4.78 is 30.9. The predicted octanol–water partition coefficient (Wildman–Crippen LogP) is 1.07. The molecule has 2 rings (SSSR count). The molecule has 1 aliphatic rings. The van der Waals surface area contributed by atoms with Crippen molar-refractivity contribution < 1.29 is 13.2 Å². The third kappa shape index (κ3) is 1.96. The predicted molar refractivity (Wildman–Crippen MR) is 64.2 cm³/mol. The summed E-state index contributed by atoms with van der Waals surface area (Å²) in [5, 5.41) is 2.85. The Balaban J connectivity index is 2.53. The Bertz CT molecular complexity index is 540. The van der Waals surface area contributed by atoms with Crippen molar-refractivity contribution in [2.24, 2.45) is 0 Å². The number of fused-ring (bicyclic) bond motifs is 1. The molecule has 1 aliphatic heterocycles. The second-order valence-corrected chi connectivity index (χ2v) is 5.21. The quantitative estimate of drug-likeness (QED) is 0.777. The molecule has 0 aliphatic carbocycles.